The summed E-state index contributed by atoms with van der Waals surface area (Å²) in [6.07, 6.45) is -3.93. The number of nitrogens with one attached hydrogen (secondary N) is 1. The summed E-state index contributed by atoms with van der Waals surface area (Å²) in [6.45, 7) is -1.61. The molecular weight excluding hydrogens is 637 g/mol. The number of likely N-dealkylation sites (N-methyl/N-ethyl adjacent to an activating group) is 1. The monoisotopic (exact) mass is 652 g/mol. The van der Waals surface area contributed by atoms with Crippen LogP contribution in [-0.4, -0.2) is 49.0 Å². The first kappa shape index (κ1) is 31.3. The SMILES string of the molecule is CN(CC(F)(F)F)C(=O)CNC(=O)c1ccc(/C(F)=C/C(c2cc(Cl)c(Cl)c(Cl)c2)C(C)(F)F)cc1Br. The number of benzene rings is 2. The van der Waals surface area contributed by atoms with Crippen molar-refractivity contribution in [2.45, 2.75) is 24.9 Å². The molecule has 4 nitrogen and oxygen atoms in total. The summed E-state index contributed by atoms with van der Waals surface area (Å²) in [4.78, 5) is 24.6. The lowest BCUT2D eigenvalue weighted by Crippen LogP contribution is -2.42. The molecule has 0 bridgehead atoms. The molecule has 2 aromatic rings. The molecule has 0 aliphatic rings. The lowest BCUT2D eigenvalue weighted by atomic mass is 9.92. The van der Waals surface area contributed by atoms with E-state index in [2.05, 4.69) is 21.2 Å². The Bertz CT molecular complexity index is 1190. The molecule has 202 valence electrons. The number of carbonyl (C=O) groups excluding carboxylic acids is 2. The minimum absolute atomic E-state index is 0.0406. The van der Waals surface area contributed by atoms with Crippen molar-refractivity contribution >= 4 is 68.4 Å². The second kappa shape index (κ2) is 12.3. The average molecular weight is 655 g/mol. The smallest absolute Gasteiger partial charge is 0.343 e. The Hall–Kier alpha value is -1.95. The summed E-state index contributed by atoms with van der Waals surface area (Å²) in [7, 11) is 0.931. The van der Waals surface area contributed by atoms with Gasteiger partial charge in [-0.3, -0.25) is 9.59 Å². The van der Waals surface area contributed by atoms with E-state index in [1.165, 1.54) is 0 Å². The molecule has 1 N–H and O–H groups in total. The lowest BCUT2D eigenvalue weighted by molar-refractivity contribution is -0.157. The van der Waals surface area contributed by atoms with E-state index >= 15 is 4.39 Å². The molecule has 0 saturated carbocycles. The lowest BCUT2D eigenvalue weighted by Gasteiger charge is -2.22. The number of alkyl halides is 5. The van der Waals surface area contributed by atoms with Crippen molar-refractivity contribution in [3.05, 3.63) is 72.6 Å². The van der Waals surface area contributed by atoms with Crippen molar-refractivity contribution in [1.82, 2.24) is 10.2 Å². The molecule has 0 aromatic heterocycles. The van der Waals surface area contributed by atoms with Crippen molar-refractivity contribution in [3.63, 3.8) is 0 Å². The van der Waals surface area contributed by atoms with E-state index in [0.29, 0.717) is 17.9 Å². The fourth-order valence-corrected chi connectivity index (χ4v) is 4.30. The van der Waals surface area contributed by atoms with E-state index in [1.807, 2.05) is 0 Å². The van der Waals surface area contributed by atoms with Gasteiger partial charge in [-0.05, 0) is 51.8 Å². The zero-order valence-corrected chi connectivity index (χ0v) is 22.9. The molecule has 2 aromatic carbocycles. The van der Waals surface area contributed by atoms with Crippen LogP contribution in [0.4, 0.5) is 26.3 Å². The van der Waals surface area contributed by atoms with Crippen LogP contribution in [-0.2, 0) is 4.79 Å². The number of amides is 2. The maximum Gasteiger partial charge on any atom is 0.406 e. The second-order valence-electron chi connectivity index (χ2n) is 7.99. The molecule has 0 saturated heterocycles. The van der Waals surface area contributed by atoms with Crippen LogP contribution in [0.2, 0.25) is 15.1 Å². The van der Waals surface area contributed by atoms with E-state index in [9.17, 15) is 31.5 Å². The van der Waals surface area contributed by atoms with Crippen LogP contribution < -0.4 is 5.32 Å². The number of allylic oxidation sites excluding steroid dienone is 1. The van der Waals surface area contributed by atoms with Gasteiger partial charge in [0.05, 0.1) is 33.1 Å². The normalized spacial score (nSPS) is 13.4. The summed E-state index contributed by atoms with van der Waals surface area (Å²) >= 11 is 20.8. The molecule has 2 rings (SSSR count). The first-order valence-electron chi connectivity index (χ1n) is 10.2. The largest absolute Gasteiger partial charge is 0.406 e. The summed E-state index contributed by atoms with van der Waals surface area (Å²) in [5.74, 6) is -8.08. The average Bonchev–Trinajstić information content (AvgIpc) is 2.76. The summed E-state index contributed by atoms with van der Waals surface area (Å²) in [5.41, 5.74) is -0.321. The molecule has 37 heavy (non-hydrogen) atoms. The number of halogens is 10. The fraction of sp³-hybridized carbons (Fsp3) is 0.304. The molecule has 0 radical (unpaired) electrons. The fourth-order valence-electron chi connectivity index (χ4n) is 3.12. The summed E-state index contributed by atoms with van der Waals surface area (Å²) in [6, 6.07) is 5.73. The molecule has 0 aliphatic carbocycles. The molecule has 2 amide bonds. The summed E-state index contributed by atoms with van der Waals surface area (Å²) < 4.78 is 81.0. The van der Waals surface area contributed by atoms with Gasteiger partial charge >= 0.3 is 6.18 Å². The minimum atomic E-state index is -4.60. The Morgan fingerprint density at radius 3 is 2.14 bits per heavy atom. The Kier molecular flexibility index (Phi) is 10.4. The van der Waals surface area contributed by atoms with Crippen LogP contribution in [0.5, 0.6) is 0 Å². The van der Waals surface area contributed by atoms with Gasteiger partial charge in [-0.1, -0.05) is 40.9 Å². The van der Waals surface area contributed by atoms with Crippen molar-refractivity contribution in [1.29, 1.82) is 0 Å². The second-order valence-corrected chi connectivity index (χ2v) is 10.0. The zero-order valence-electron chi connectivity index (χ0n) is 19.0. The molecule has 0 fully saturated rings. The molecule has 0 spiro atoms. The van der Waals surface area contributed by atoms with E-state index in [4.69, 9.17) is 34.8 Å². The minimum Gasteiger partial charge on any atom is -0.343 e. The maximum atomic E-state index is 15.0. The topological polar surface area (TPSA) is 49.4 Å². The van der Waals surface area contributed by atoms with Gasteiger partial charge in [-0.15, -0.1) is 0 Å². The van der Waals surface area contributed by atoms with Gasteiger partial charge in [0, 0.05) is 24.0 Å². The number of hydrogen-bond donors (Lipinski definition) is 1. The highest BCUT2D eigenvalue weighted by Crippen LogP contribution is 2.41. The van der Waals surface area contributed by atoms with Crippen LogP contribution in [0.25, 0.3) is 5.83 Å². The van der Waals surface area contributed by atoms with Gasteiger partial charge in [-0.25, -0.2) is 13.2 Å². The molecule has 1 unspecified atom stereocenters. The van der Waals surface area contributed by atoms with Gasteiger partial charge in [-0.2, -0.15) is 13.2 Å². The third-order valence-corrected chi connectivity index (χ3v) is 6.81. The first-order chi connectivity index (χ1) is 16.9. The third kappa shape index (κ3) is 8.80. The van der Waals surface area contributed by atoms with Crippen LogP contribution in [0.3, 0.4) is 0 Å². The van der Waals surface area contributed by atoms with Crippen LogP contribution in [0.15, 0.2) is 40.9 Å². The predicted octanol–water partition coefficient (Wildman–Crippen LogP) is 7.91. The molecular formula is C23H18BrCl3F6N2O2. The van der Waals surface area contributed by atoms with E-state index in [0.717, 1.165) is 37.4 Å². The Morgan fingerprint density at radius 1 is 1.08 bits per heavy atom. The first-order valence-corrected chi connectivity index (χ1v) is 12.1. The standard InChI is InChI=1S/C23H18BrCl3F6N2O2/c1-22(29,30)14(12-6-16(25)20(27)17(26)7-12)8-18(28)11-3-4-13(15(24)5-11)21(37)34-9-19(36)35(2)10-23(31,32)33/h3-8,14H,9-10H2,1-2H3,(H,34,37)/b18-8-. The Balaban J connectivity index is 2.24. The van der Waals surface area contributed by atoms with E-state index in [-0.39, 0.29) is 36.2 Å². The van der Waals surface area contributed by atoms with Crippen LogP contribution >= 0.6 is 50.7 Å². The molecule has 1 atom stereocenters. The number of carbonyl (C=O) groups is 2. The van der Waals surface area contributed by atoms with E-state index in [1.54, 1.807) is 0 Å². The van der Waals surface area contributed by atoms with Crippen molar-refractivity contribution in [3.8, 4) is 0 Å². The van der Waals surface area contributed by atoms with Gasteiger partial charge in [0.25, 0.3) is 11.8 Å². The Morgan fingerprint density at radius 2 is 1.65 bits per heavy atom. The zero-order chi connectivity index (χ0) is 28.3. The highest BCUT2D eigenvalue weighted by molar-refractivity contribution is 9.10. The maximum absolute atomic E-state index is 15.0. The van der Waals surface area contributed by atoms with Gasteiger partial charge in [0.1, 0.15) is 12.4 Å². The number of nitrogens with zero attached hydrogens (tertiary/aromatic N) is 1. The van der Waals surface area contributed by atoms with Gasteiger partial charge < -0.3 is 10.2 Å². The highest BCUT2D eigenvalue weighted by atomic mass is 79.9. The molecule has 14 heteroatoms. The van der Waals surface area contributed by atoms with Crippen LogP contribution in [0.1, 0.15) is 34.3 Å². The summed E-state index contributed by atoms with van der Waals surface area (Å²) in [5, 5.41) is 1.95. The molecule has 0 aliphatic heterocycles. The van der Waals surface area contributed by atoms with Crippen molar-refractivity contribution < 1.29 is 35.9 Å². The van der Waals surface area contributed by atoms with Gasteiger partial charge in [0.15, 0.2) is 0 Å². The predicted molar refractivity (Wildman–Crippen MR) is 134 cm³/mol. The van der Waals surface area contributed by atoms with E-state index < -0.39 is 48.7 Å². The molecule has 0 heterocycles. The highest BCUT2D eigenvalue weighted by Gasteiger charge is 2.35. The number of hydrogen-bond acceptors (Lipinski definition) is 2. The quantitative estimate of drug-likeness (QED) is 0.233. The van der Waals surface area contributed by atoms with Crippen LogP contribution in [0, 0.1) is 0 Å². The van der Waals surface area contributed by atoms with Crippen molar-refractivity contribution in [2.75, 3.05) is 20.1 Å². The van der Waals surface area contributed by atoms with Gasteiger partial charge in [0.2, 0.25) is 5.91 Å². The Labute approximate surface area is 231 Å². The third-order valence-electron chi connectivity index (χ3n) is 4.96. The number of rotatable bonds is 8. The van der Waals surface area contributed by atoms with Crippen molar-refractivity contribution in [2.24, 2.45) is 0 Å².